The second kappa shape index (κ2) is 6.08. The highest BCUT2D eigenvalue weighted by Crippen LogP contribution is 2.30. The van der Waals surface area contributed by atoms with Gasteiger partial charge in [-0.05, 0) is 35.2 Å². The molecule has 0 fully saturated rings. The van der Waals surface area contributed by atoms with Crippen LogP contribution < -0.4 is 5.73 Å². The van der Waals surface area contributed by atoms with Crippen LogP contribution in [0.15, 0.2) is 53.0 Å². The highest BCUT2D eigenvalue weighted by molar-refractivity contribution is 9.10. The van der Waals surface area contributed by atoms with Crippen molar-refractivity contribution >= 4 is 15.9 Å². The van der Waals surface area contributed by atoms with E-state index in [1.807, 2.05) is 0 Å². The van der Waals surface area contributed by atoms with E-state index in [0.717, 1.165) is 24.0 Å². The lowest BCUT2D eigenvalue weighted by molar-refractivity contribution is 0.181. The van der Waals surface area contributed by atoms with Gasteiger partial charge in [0.2, 0.25) is 0 Å². The highest BCUT2D eigenvalue weighted by Gasteiger charge is 2.25. The van der Waals surface area contributed by atoms with Crippen molar-refractivity contribution in [3.63, 3.8) is 0 Å². The molecule has 1 aliphatic rings. The van der Waals surface area contributed by atoms with Gasteiger partial charge in [-0.15, -0.1) is 0 Å². The molecule has 1 unspecified atom stereocenters. The average Bonchev–Trinajstić information content (AvgIpc) is 2.47. The van der Waals surface area contributed by atoms with Crippen molar-refractivity contribution in [1.29, 1.82) is 0 Å². The van der Waals surface area contributed by atoms with Crippen LogP contribution in [0.25, 0.3) is 0 Å². The lowest BCUT2D eigenvalue weighted by atomic mass is 9.92. The number of benzene rings is 2. The third-order valence-corrected chi connectivity index (χ3v) is 4.51. The largest absolute Gasteiger partial charge is 0.329 e. The Morgan fingerprint density at radius 2 is 2.00 bits per heavy atom. The maximum Gasteiger partial charge on any atom is 0.0476 e. The Morgan fingerprint density at radius 3 is 2.80 bits per heavy atom. The van der Waals surface area contributed by atoms with Crippen LogP contribution in [0, 0.1) is 0 Å². The molecule has 1 atom stereocenters. The van der Waals surface area contributed by atoms with Gasteiger partial charge >= 0.3 is 0 Å². The number of nitrogens with zero attached hydrogens (tertiary/aromatic N) is 1. The summed E-state index contributed by atoms with van der Waals surface area (Å²) in [5, 5.41) is 0. The summed E-state index contributed by atoms with van der Waals surface area (Å²) in [5.41, 5.74) is 10.2. The molecule has 3 heteroatoms. The average molecular weight is 331 g/mol. The van der Waals surface area contributed by atoms with Crippen LogP contribution in [0.4, 0.5) is 0 Å². The first-order chi connectivity index (χ1) is 9.78. The molecule has 0 bridgehead atoms. The molecule has 104 valence electrons. The van der Waals surface area contributed by atoms with E-state index in [9.17, 15) is 0 Å². The third-order valence-electron chi connectivity index (χ3n) is 4.02. The fourth-order valence-electron chi connectivity index (χ4n) is 3.04. The normalized spacial score (nSPS) is 18.8. The first kappa shape index (κ1) is 13.8. The second-order valence-corrected chi connectivity index (χ2v) is 6.22. The Morgan fingerprint density at radius 1 is 1.15 bits per heavy atom. The van der Waals surface area contributed by atoms with Crippen molar-refractivity contribution in [2.45, 2.75) is 19.0 Å². The van der Waals surface area contributed by atoms with Crippen molar-refractivity contribution in [3.8, 4) is 0 Å². The molecule has 2 nitrogen and oxygen atoms in total. The summed E-state index contributed by atoms with van der Waals surface area (Å²) < 4.78 is 1.14. The van der Waals surface area contributed by atoms with E-state index in [1.165, 1.54) is 16.7 Å². The summed E-state index contributed by atoms with van der Waals surface area (Å²) in [4.78, 5) is 2.49. The summed E-state index contributed by atoms with van der Waals surface area (Å²) in [5.74, 6) is 0. The van der Waals surface area contributed by atoms with Gasteiger partial charge in [0.1, 0.15) is 0 Å². The van der Waals surface area contributed by atoms with Crippen molar-refractivity contribution in [2.75, 3.05) is 13.1 Å². The van der Waals surface area contributed by atoms with Crippen LogP contribution >= 0.6 is 15.9 Å². The molecule has 2 aromatic carbocycles. The molecule has 3 rings (SSSR count). The zero-order valence-electron chi connectivity index (χ0n) is 11.4. The molecular formula is C17H19BrN2. The smallest absolute Gasteiger partial charge is 0.0476 e. The highest BCUT2D eigenvalue weighted by atomic mass is 79.9. The van der Waals surface area contributed by atoms with Gasteiger partial charge < -0.3 is 5.73 Å². The van der Waals surface area contributed by atoms with Gasteiger partial charge in [0.15, 0.2) is 0 Å². The molecule has 0 saturated carbocycles. The maximum absolute atomic E-state index is 6.04. The first-order valence-electron chi connectivity index (χ1n) is 7.04. The fourth-order valence-corrected chi connectivity index (χ4v) is 3.49. The van der Waals surface area contributed by atoms with E-state index >= 15 is 0 Å². The number of hydrogen-bond donors (Lipinski definition) is 1. The number of nitrogens with two attached hydrogens (primary N) is 1. The second-order valence-electron chi connectivity index (χ2n) is 5.30. The van der Waals surface area contributed by atoms with Crippen molar-refractivity contribution in [2.24, 2.45) is 5.73 Å². The molecule has 0 radical (unpaired) electrons. The molecule has 0 saturated heterocycles. The molecule has 2 aromatic rings. The van der Waals surface area contributed by atoms with Gasteiger partial charge in [-0.25, -0.2) is 0 Å². The molecule has 0 amide bonds. The van der Waals surface area contributed by atoms with Crippen LogP contribution in [0.3, 0.4) is 0 Å². The van der Waals surface area contributed by atoms with Gasteiger partial charge in [0.25, 0.3) is 0 Å². The van der Waals surface area contributed by atoms with Gasteiger partial charge in [-0.3, -0.25) is 4.90 Å². The van der Waals surface area contributed by atoms with Crippen LogP contribution in [0.5, 0.6) is 0 Å². The Hall–Kier alpha value is -1.16. The molecule has 0 aliphatic carbocycles. The monoisotopic (exact) mass is 330 g/mol. The zero-order chi connectivity index (χ0) is 13.9. The van der Waals surface area contributed by atoms with Crippen molar-refractivity contribution in [1.82, 2.24) is 4.90 Å². The molecule has 1 aliphatic heterocycles. The van der Waals surface area contributed by atoms with Crippen LogP contribution in [-0.2, 0) is 13.0 Å². The minimum atomic E-state index is 0.332. The van der Waals surface area contributed by atoms with Crippen molar-refractivity contribution < 1.29 is 0 Å². The molecule has 0 spiro atoms. The van der Waals surface area contributed by atoms with Gasteiger partial charge in [0.05, 0.1) is 0 Å². The van der Waals surface area contributed by atoms with E-state index in [2.05, 4.69) is 69.4 Å². The summed E-state index contributed by atoms with van der Waals surface area (Å²) in [7, 11) is 0. The molecule has 0 aromatic heterocycles. The summed E-state index contributed by atoms with van der Waals surface area (Å²) in [6.45, 7) is 2.70. The number of rotatable bonds is 3. The minimum absolute atomic E-state index is 0.332. The lowest BCUT2D eigenvalue weighted by Crippen LogP contribution is -2.38. The van der Waals surface area contributed by atoms with Gasteiger partial charge in [0, 0.05) is 30.1 Å². The summed E-state index contributed by atoms with van der Waals surface area (Å²) in [6.07, 6.45) is 1.11. The Bertz CT molecular complexity index is 597. The Labute approximate surface area is 128 Å². The maximum atomic E-state index is 6.04. The lowest BCUT2D eigenvalue weighted by Gasteiger charge is -2.36. The Kier molecular flexibility index (Phi) is 4.20. The van der Waals surface area contributed by atoms with E-state index in [4.69, 9.17) is 5.73 Å². The van der Waals surface area contributed by atoms with Crippen LogP contribution in [-0.4, -0.2) is 18.0 Å². The number of hydrogen-bond acceptors (Lipinski definition) is 2. The third kappa shape index (κ3) is 2.80. The number of halogens is 1. The number of fused-ring (bicyclic) bond motifs is 1. The Balaban J connectivity index is 1.84. The van der Waals surface area contributed by atoms with E-state index in [1.54, 1.807) is 0 Å². The molecule has 2 N–H and O–H groups in total. The molecule has 1 heterocycles. The minimum Gasteiger partial charge on any atom is -0.329 e. The quantitative estimate of drug-likeness (QED) is 0.933. The van der Waals surface area contributed by atoms with Crippen LogP contribution in [0.1, 0.15) is 22.7 Å². The van der Waals surface area contributed by atoms with Crippen molar-refractivity contribution in [3.05, 3.63) is 69.7 Å². The fraction of sp³-hybridized carbons (Fsp3) is 0.294. The van der Waals surface area contributed by atoms with E-state index in [0.29, 0.717) is 12.6 Å². The standard InChI is InChI=1S/C17H19BrN2/c18-15-6-3-4-13(10-15)12-20-9-8-14-5-1-2-7-16(14)17(20)11-19/h1-7,10,17H,8-9,11-12,19H2. The predicted octanol–water partition coefficient (Wildman–Crippen LogP) is 3.51. The summed E-state index contributed by atoms with van der Waals surface area (Å²) >= 11 is 3.54. The zero-order valence-corrected chi connectivity index (χ0v) is 13.0. The van der Waals surface area contributed by atoms with Gasteiger partial charge in [-0.2, -0.15) is 0 Å². The molecule has 20 heavy (non-hydrogen) atoms. The van der Waals surface area contributed by atoms with E-state index < -0.39 is 0 Å². The predicted molar refractivity (Wildman–Crippen MR) is 86.5 cm³/mol. The first-order valence-corrected chi connectivity index (χ1v) is 7.83. The summed E-state index contributed by atoms with van der Waals surface area (Å²) in [6, 6.07) is 17.5. The molecular weight excluding hydrogens is 312 g/mol. The van der Waals surface area contributed by atoms with E-state index in [-0.39, 0.29) is 0 Å². The SMILES string of the molecule is NCC1c2ccccc2CCN1Cc1cccc(Br)c1. The van der Waals surface area contributed by atoms with Crippen LogP contribution in [0.2, 0.25) is 0 Å². The van der Waals surface area contributed by atoms with Gasteiger partial charge in [-0.1, -0.05) is 52.3 Å². The topological polar surface area (TPSA) is 29.3 Å².